The molecule has 0 bridgehead atoms. The zero-order valence-electron chi connectivity index (χ0n) is 12.2. The van der Waals surface area contributed by atoms with Gasteiger partial charge >= 0.3 is 5.97 Å². The third-order valence-electron chi connectivity index (χ3n) is 3.80. The number of esters is 1. The van der Waals surface area contributed by atoms with Gasteiger partial charge in [0.05, 0.1) is 0 Å². The van der Waals surface area contributed by atoms with E-state index < -0.39 is 0 Å². The molecule has 0 heterocycles. The van der Waals surface area contributed by atoms with Gasteiger partial charge < -0.3 is 9.64 Å². The van der Waals surface area contributed by atoms with Crippen molar-refractivity contribution in [3.8, 4) is 0 Å². The van der Waals surface area contributed by atoms with Crippen LogP contribution >= 0.6 is 0 Å². The number of nitrogens with zero attached hydrogens (tertiary/aromatic N) is 1. The Bertz CT molecular complexity index is 291. The molecule has 0 aliphatic heterocycles. The summed E-state index contributed by atoms with van der Waals surface area (Å²) in [5, 5.41) is 0. The van der Waals surface area contributed by atoms with Crippen LogP contribution < -0.4 is 0 Å². The van der Waals surface area contributed by atoms with E-state index in [-0.39, 0.29) is 5.97 Å². The fourth-order valence-corrected chi connectivity index (χ4v) is 2.85. The molecule has 18 heavy (non-hydrogen) atoms. The predicted molar refractivity (Wildman–Crippen MR) is 74.4 cm³/mol. The van der Waals surface area contributed by atoms with Crippen LogP contribution in [0.25, 0.3) is 0 Å². The highest BCUT2D eigenvalue weighted by Crippen LogP contribution is 2.30. The van der Waals surface area contributed by atoms with E-state index in [4.69, 9.17) is 4.74 Å². The number of carbonyl (C=O) groups excluding carboxylic acids is 1. The minimum absolute atomic E-state index is 0.284. The van der Waals surface area contributed by atoms with E-state index in [0.717, 1.165) is 18.4 Å². The third-order valence-corrected chi connectivity index (χ3v) is 3.80. The predicted octanol–water partition coefficient (Wildman–Crippen LogP) is 2.86. The van der Waals surface area contributed by atoms with Gasteiger partial charge in [0.25, 0.3) is 0 Å². The second-order valence-corrected chi connectivity index (χ2v) is 5.97. The molecule has 0 aromatic carbocycles. The van der Waals surface area contributed by atoms with Gasteiger partial charge in [0.1, 0.15) is 6.61 Å². The van der Waals surface area contributed by atoms with Gasteiger partial charge in [0.2, 0.25) is 0 Å². The Labute approximate surface area is 111 Å². The van der Waals surface area contributed by atoms with Gasteiger partial charge in [-0.3, -0.25) is 0 Å². The molecule has 1 aliphatic carbocycles. The quantitative estimate of drug-likeness (QED) is 0.557. The molecule has 2 unspecified atom stereocenters. The van der Waals surface area contributed by atoms with Crippen LogP contribution in [0.2, 0.25) is 0 Å². The minimum Gasteiger partial charge on any atom is -0.461 e. The van der Waals surface area contributed by atoms with Crippen molar-refractivity contribution in [2.45, 2.75) is 46.1 Å². The topological polar surface area (TPSA) is 29.5 Å². The van der Waals surface area contributed by atoms with Crippen molar-refractivity contribution < 1.29 is 9.53 Å². The lowest BCUT2D eigenvalue weighted by Gasteiger charge is -2.37. The second kappa shape index (κ2) is 6.93. The van der Waals surface area contributed by atoms with E-state index >= 15 is 0 Å². The van der Waals surface area contributed by atoms with E-state index in [1.165, 1.54) is 19.3 Å². The average Bonchev–Trinajstić information content (AvgIpc) is 2.27. The summed E-state index contributed by atoms with van der Waals surface area (Å²) < 4.78 is 5.14. The average molecular weight is 253 g/mol. The minimum atomic E-state index is -0.284. The van der Waals surface area contributed by atoms with Crippen LogP contribution in [0.4, 0.5) is 0 Å². The summed E-state index contributed by atoms with van der Waals surface area (Å²) in [5.74, 6) is 1.33. The van der Waals surface area contributed by atoms with Crippen LogP contribution in [0.5, 0.6) is 0 Å². The van der Waals surface area contributed by atoms with E-state index in [2.05, 4.69) is 32.4 Å². The highest BCUT2D eigenvalue weighted by molar-refractivity contribution is 5.86. The van der Waals surface area contributed by atoms with Crippen LogP contribution in [-0.4, -0.2) is 37.1 Å². The van der Waals surface area contributed by atoms with Gasteiger partial charge in [0, 0.05) is 18.2 Å². The summed E-state index contributed by atoms with van der Waals surface area (Å²) in [4.78, 5) is 13.6. The Morgan fingerprint density at radius 1 is 1.28 bits per heavy atom. The molecule has 0 spiro atoms. The van der Waals surface area contributed by atoms with Gasteiger partial charge in [-0.15, -0.1) is 0 Å². The zero-order chi connectivity index (χ0) is 13.7. The number of rotatable bonds is 5. The molecule has 1 saturated carbocycles. The maximum atomic E-state index is 11.3. The fraction of sp³-hybridized carbons (Fsp3) is 0.800. The van der Waals surface area contributed by atoms with Crippen molar-refractivity contribution in [2.24, 2.45) is 11.8 Å². The number of likely N-dealkylation sites (N-methyl/N-ethyl adjacent to an activating group) is 1. The molecule has 0 amide bonds. The van der Waals surface area contributed by atoms with Crippen molar-refractivity contribution in [3.05, 3.63) is 12.2 Å². The van der Waals surface area contributed by atoms with Crippen LogP contribution in [0.3, 0.4) is 0 Å². The van der Waals surface area contributed by atoms with Crippen molar-refractivity contribution in [3.63, 3.8) is 0 Å². The molecular weight excluding hydrogens is 226 g/mol. The Hall–Kier alpha value is -0.830. The molecule has 0 N–H and O–H groups in total. The van der Waals surface area contributed by atoms with E-state index in [1.54, 1.807) is 6.92 Å². The third kappa shape index (κ3) is 4.81. The molecule has 0 radical (unpaired) electrons. The first kappa shape index (κ1) is 15.2. The summed E-state index contributed by atoms with van der Waals surface area (Å²) in [6, 6.07) is 0.632. The van der Waals surface area contributed by atoms with Gasteiger partial charge in [-0.2, -0.15) is 0 Å². The van der Waals surface area contributed by atoms with Crippen molar-refractivity contribution in [1.29, 1.82) is 0 Å². The number of hydrogen-bond donors (Lipinski definition) is 0. The van der Waals surface area contributed by atoms with E-state index in [0.29, 0.717) is 18.2 Å². The van der Waals surface area contributed by atoms with Crippen molar-refractivity contribution >= 4 is 5.97 Å². The normalized spacial score (nSPS) is 28.2. The molecule has 0 aromatic rings. The summed E-state index contributed by atoms with van der Waals surface area (Å²) in [6.07, 6.45) is 3.86. The standard InChI is InChI=1S/C15H27NO2/c1-11(2)15(17)18-7-6-16(5)14-9-12(3)8-13(4)10-14/h12-14H,1,6-10H2,2-5H3. The Morgan fingerprint density at radius 2 is 1.83 bits per heavy atom. The first-order chi connectivity index (χ1) is 8.40. The summed E-state index contributed by atoms with van der Waals surface area (Å²) in [6.45, 7) is 11.2. The van der Waals surface area contributed by atoms with Gasteiger partial charge in [-0.1, -0.05) is 20.4 Å². The van der Waals surface area contributed by atoms with Crippen molar-refractivity contribution in [1.82, 2.24) is 4.90 Å². The van der Waals surface area contributed by atoms with Crippen molar-refractivity contribution in [2.75, 3.05) is 20.2 Å². The lowest BCUT2D eigenvalue weighted by molar-refractivity contribution is -0.139. The van der Waals surface area contributed by atoms with Crippen LogP contribution in [0.15, 0.2) is 12.2 Å². The summed E-state index contributed by atoms with van der Waals surface area (Å²) in [7, 11) is 2.13. The molecule has 1 rings (SSSR count). The molecule has 0 aromatic heterocycles. The smallest absolute Gasteiger partial charge is 0.333 e. The Balaban J connectivity index is 2.29. The molecule has 0 saturated heterocycles. The zero-order valence-corrected chi connectivity index (χ0v) is 12.2. The van der Waals surface area contributed by atoms with E-state index in [9.17, 15) is 4.79 Å². The fourth-order valence-electron chi connectivity index (χ4n) is 2.85. The van der Waals surface area contributed by atoms with Crippen LogP contribution in [0.1, 0.15) is 40.0 Å². The number of ether oxygens (including phenoxy) is 1. The monoisotopic (exact) mass is 253 g/mol. The maximum Gasteiger partial charge on any atom is 0.333 e. The van der Waals surface area contributed by atoms with Gasteiger partial charge in [-0.25, -0.2) is 4.79 Å². The molecule has 3 nitrogen and oxygen atoms in total. The summed E-state index contributed by atoms with van der Waals surface area (Å²) in [5.41, 5.74) is 0.470. The van der Waals surface area contributed by atoms with E-state index in [1.807, 2.05) is 0 Å². The maximum absolute atomic E-state index is 11.3. The lowest BCUT2D eigenvalue weighted by atomic mass is 9.80. The number of hydrogen-bond acceptors (Lipinski definition) is 3. The number of carbonyl (C=O) groups is 1. The van der Waals surface area contributed by atoms with Gasteiger partial charge in [0.15, 0.2) is 0 Å². The molecular formula is C15H27NO2. The second-order valence-electron chi connectivity index (χ2n) is 5.97. The van der Waals surface area contributed by atoms with Gasteiger partial charge in [-0.05, 0) is 45.1 Å². The molecule has 2 atom stereocenters. The first-order valence-electron chi connectivity index (χ1n) is 6.93. The first-order valence-corrected chi connectivity index (χ1v) is 6.93. The summed E-state index contributed by atoms with van der Waals surface area (Å²) >= 11 is 0. The SMILES string of the molecule is C=C(C)C(=O)OCCN(C)C1CC(C)CC(C)C1. The molecule has 1 aliphatic rings. The largest absolute Gasteiger partial charge is 0.461 e. The van der Waals surface area contributed by atoms with Crippen LogP contribution in [-0.2, 0) is 9.53 Å². The molecule has 1 fully saturated rings. The molecule has 104 valence electrons. The molecule has 3 heteroatoms. The highest BCUT2D eigenvalue weighted by atomic mass is 16.5. The highest BCUT2D eigenvalue weighted by Gasteiger charge is 2.26. The Morgan fingerprint density at radius 3 is 2.33 bits per heavy atom. The van der Waals surface area contributed by atoms with Crippen LogP contribution in [0, 0.1) is 11.8 Å². The Kier molecular flexibility index (Phi) is 5.86. The lowest BCUT2D eigenvalue weighted by Crippen LogP contribution is -2.39.